The number of rotatable bonds is 6. The molecule has 116 valence electrons. The number of nitro groups is 1. The maximum Gasteiger partial charge on any atom is 0.315 e. The molecule has 0 heterocycles. The van der Waals surface area contributed by atoms with Crippen molar-refractivity contribution in [1.29, 1.82) is 0 Å². The molecule has 0 radical (unpaired) electrons. The van der Waals surface area contributed by atoms with E-state index >= 15 is 0 Å². The number of para-hydroxylation sites is 1. The number of nitrogens with one attached hydrogen (secondary N) is 2. The van der Waals surface area contributed by atoms with Crippen LogP contribution in [0.2, 0.25) is 0 Å². The zero-order valence-corrected chi connectivity index (χ0v) is 12.7. The Labute approximate surface area is 126 Å². The van der Waals surface area contributed by atoms with Gasteiger partial charge in [-0.2, -0.15) is 0 Å². The summed E-state index contributed by atoms with van der Waals surface area (Å²) in [7, 11) is 0. The van der Waals surface area contributed by atoms with Gasteiger partial charge < -0.3 is 10.6 Å². The Morgan fingerprint density at radius 1 is 1.19 bits per heavy atom. The first-order valence-electron chi connectivity index (χ1n) is 8.00. The van der Waals surface area contributed by atoms with Crippen LogP contribution >= 0.6 is 0 Å². The van der Waals surface area contributed by atoms with Gasteiger partial charge in [0, 0.05) is 12.6 Å². The Bertz CT molecular complexity index is 469. The molecule has 0 atom stereocenters. The van der Waals surface area contributed by atoms with Crippen LogP contribution in [0.25, 0.3) is 0 Å². The molecule has 1 aromatic rings. The maximum atomic E-state index is 11.4. The highest BCUT2D eigenvalue weighted by Crippen LogP contribution is 2.34. The number of nitro benzene ring substituents is 1. The summed E-state index contributed by atoms with van der Waals surface area (Å²) < 4.78 is 0. The molecule has 0 saturated heterocycles. The topological polar surface area (TPSA) is 67.2 Å². The predicted molar refractivity (Wildman–Crippen MR) is 87.0 cm³/mol. The lowest BCUT2D eigenvalue weighted by Crippen LogP contribution is -2.19. The van der Waals surface area contributed by atoms with E-state index in [9.17, 15) is 10.1 Å². The lowest BCUT2D eigenvalue weighted by atomic mass is 10.1. The van der Waals surface area contributed by atoms with Crippen LogP contribution < -0.4 is 10.6 Å². The predicted octanol–water partition coefficient (Wildman–Crippen LogP) is 4.55. The van der Waals surface area contributed by atoms with Crippen LogP contribution in [0, 0.1) is 10.1 Å². The fourth-order valence-electron chi connectivity index (χ4n) is 2.90. The first kappa shape index (κ1) is 15.6. The van der Waals surface area contributed by atoms with Crippen molar-refractivity contribution in [2.75, 3.05) is 17.2 Å². The Morgan fingerprint density at radius 2 is 1.86 bits per heavy atom. The van der Waals surface area contributed by atoms with Gasteiger partial charge >= 0.3 is 5.69 Å². The van der Waals surface area contributed by atoms with Crippen molar-refractivity contribution in [3.63, 3.8) is 0 Å². The van der Waals surface area contributed by atoms with Crippen LogP contribution in [0.3, 0.4) is 0 Å². The number of benzene rings is 1. The molecule has 0 amide bonds. The van der Waals surface area contributed by atoms with Gasteiger partial charge in [0.1, 0.15) is 11.4 Å². The van der Waals surface area contributed by atoms with E-state index in [-0.39, 0.29) is 10.6 Å². The van der Waals surface area contributed by atoms with Crippen molar-refractivity contribution in [2.24, 2.45) is 0 Å². The smallest absolute Gasteiger partial charge is 0.315 e. The molecule has 1 aliphatic carbocycles. The van der Waals surface area contributed by atoms with E-state index in [1.165, 1.54) is 25.7 Å². The fraction of sp³-hybridized carbons (Fsp3) is 0.625. The number of anilines is 2. The van der Waals surface area contributed by atoms with Crippen molar-refractivity contribution < 1.29 is 4.92 Å². The van der Waals surface area contributed by atoms with E-state index in [4.69, 9.17) is 0 Å². The summed E-state index contributed by atoms with van der Waals surface area (Å²) in [5.74, 6) is 0. The van der Waals surface area contributed by atoms with E-state index in [0.717, 1.165) is 25.8 Å². The zero-order valence-electron chi connectivity index (χ0n) is 12.7. The molecule has 1 fully saturated rings. The average Bonchev–Trinajstić information content (AvgIpc) is 2.73. The van der Waals surface area contributed by atoms with Gasteiger partial charge in [0.2, 0.25) is 0 Å². The molecule has 0 aliphatic heterocycles. The largest absolute Gasteiger partial charge is 0.379 e. The zero-order chi connectivity index (χ0) is 15.1. The van der Waals surface area contributed by atoms with Crippen molar-refractivity contribution in [2.45, 2.75) is 57.9 Å². The Hall–Kier alpha value is -1.78. The third-order valence-corrected chi connectivity index (χ3v) is 4.00. The lowest BCUT2D eigenvalue weighted by molar-refractivity contribution is -0.383. The highest BCUT2D eigenvalue weighted by Gasteiger charge is 2.22. The first-order valence-corrected chi connectivity index (χ1v) is 8.00. The lowest BCUT2D eigenvalue weighted by Gasteiger charge is -2.18. The SMILES string of the molecule is CCCNc1cccc(NC2CCCCCC2)c1[N+](=O)[O-]. The average molecular weight is 291 g/mol. The molecule has 5 heteroatoms. The molecular formula is C16H25N3O2. The molecule has 5 nitrogen and oxygen atoms in total. The third-order valence-electron chi connectivity index (χ3n) is 4.00. The second-order valence-corrected chi connectivity index (χ2v) is 5.72. The van der Waals surface area contributed by atoms with E-state index < -0.39 is 0 Å². The first-order chi connectivity index (χ1) is 10.2. The third kappa shape index (κ3) is 4.34. The molecule has 0 aromatic heterocycles. The van der Waals surface area contributed by atoms with Gasteiger partial charge in [0.15, 0.2) is 0 Å². The molecule has 1 saturated carbocycles. The number of hydrogen-bond acceptors (Lipinski definition) is 4. The van der Waals surface area contributed by atoms with Crippen LogP contribution in [0.5, 0.6) is 0 Å². The molecule has 0 bridgehead atoms. The number of hydrogen-bond donors (Lipinski definition) is 2. The van der Waals surface area contributed by atoms with Crippen LogP contribution in [-0.2, 0) is 0 Å². The summed E-state index contributed by atoms with van der Waals surface area (Å²) in [6, 6.07) is 5.84. The van der Waals surface area contributed by atoms with E-state index in [1.807, 2.05) is 19.1 Å². The van der Waals surface area contributed by atoms with Crippen molar-refractivity contribution in [1.82, 2.24) is 0 Å². The minimum atomic E-state index is -0.281. The summed E-state index contributed by atoms with van der Waals surface area (Å²) in [6.07, 6.45) is 8.11. The van der Waals surface area contributed by atoms with Gasteiger partial charge in [-0.3, -0.25) is 10.1 Å². The van der Waals surface area contributed by atoms with Gasteiger partial charge in [0.25, 0.3) is 0 Å². The molecule has 2 rings (SSSR count). The summed E-state index contributed by atoms with van der Waals surface area (Å²) in [6.45, 7) is 2.79. The van der Waals surface area contributed by atoms with Gasteiger partial charge in [-0.25, -0.2) is 0 Å². The van der Waals surface area contributed by atoms with E-state index in [2.05, 4.69) is 10.6 Å². The summed E-state index contributed by atoms with van der Waals surface area (Å²) >= 11 is 0. The highest BCUT2D eigenvalue weighted by atomic mass is 16.6. The summed E-state index contributed by atoms with van der Waals surface area (Å²) in [5.41, 5.74) is 1.43. The monoisotopic (exact) mass is 291 g/mol. The Balaban J connectivity index is 2.18. The van der Waals surface area contributed by atoms with Crippen LogP contribution in [-0.4, -0.2) is 17.5 Å². The molecule has 2 N–H and O–H groups in total. The molecule has 1 aromatic carbocycles. The minimum Gasteiger partial charge on any atom is -0.379 e. The van der Waals surface area contributed by atoms with Gasteiger partial charge in [0.05, 0.1) is 4.92 Å². The summed E-state index contributed by atoms with van der Waals surface area (Å²) in [4.78, 5) is 11.2. The van der Waals surface area contributed by atoms with Crippen LogP contribution in [0.1, 0.15) is 51.9 Å². The molecule has 0 unspecified atom stereocenters. The van der Waals surface area contributed by atoms with Crippen molar-refractivity contribution in [3.05, 3.63) is 28.3 Å². The fourth-order valence-corrected chi connectivity index (χ4v) is 2.90. The molecule has 21 heavy (non-hydrogen) atoms. The van der Waals surface area contributed by atoms with Crippen LogP contribution in [0.15, 0.2) is 18.2 Å². The molecular weight excluding hydrogens is 266 g/mol. The van der Waals surface area contributed by atoms with Gasteiger partial charge in [-0.05, 0) is 31.4 Å². The van der Waals surface area contributed by atoms with Gasteiger partial charge in [-0.1, -0.05) is 38.7 Å². The van der Waals surface area contributed by atoms with E-state index in [0.29, 0.717) is 17.4 Å². The van der Waals surface area contributed by atoms with Crippen LogP contribution in [0.4, 0.5) is 17.1 Å². The minimum absolute atomic E-state index is 0.176. The second-order valence-electron chi connectivity index (χ2n) is 5.72. The number of nitrogens with zero attached hydrogens (tertiary/aromatic N) is 1. The normalized spacial score (nSPS) is 16.2. The van der Waals surface area contributed by atoms with E-state index in [1.54, 1.807) is 6.07 Å². The Kier molecular flexibility index (Phi) is 5.84. The van der Waals surface area contributed by atoms with Crippen molar-refractivity contribution >= 4 is 17.1 Å². The second kappa shape index (κ2) is 7.86. The molecule has 0 spiro atoms. The molecule has 1 aliphatic rings. The maximum absolute atomic E-state index is 11.4. The quantitative estimate of drug-likeness (QED) is 0.458. The highest BCUT2D eigenvalue weighted by molar-refractivity contribution is 5.76. The van der Waals surface area contributed by atoms with Crippen molar-refractivity contribution in [3.8, 4) is 0 Å². The standard InChI is InChI=1S/C16H25N3O2/c1-2-12-17-14-10-7-11-15(16(14)19(20)21)18-13-8-5-3-4-6-9-13/h7,10-11,13,17-18H,2-6,8-9,12H2,1H3. The summed E-state index contributed by atoms with van der Waals surface area (Å²) in [5, 5.41) is 18.0. The Morgan fingerprint density at radius 3 is 2.48 bits per heavy atom. The van der Waals surface area contributed by atoms with Gasteiger partial charge in [-0.15, -0.1) is 0 Å².